The summed E-state index contributed by atoms with van der Waals surface area (Å²) in [7, 11) is 3.48. The molecule has 1 amide bonds. The highest BCUT2D eigenvalue weighted by atomic mass is 16.5. The van der Waals surface area contributed by atoms with E-state index in [2.05, 4.69) is 77.8 Å². The number of hydrogen-bond donors (Lipinski definition) is 2. The Morgan fingerprint density at radius 2 is 1.76 bits per heavy atom. The van der Waals surface area contributed by atoms with Crippen molar-refractivity contribution in [2.45, 2.75) is 122 Å². The van der Waals surface area contributed by atoms with Gasteiger partial charge in [-0.3, -0.25) is 9.59 Å². The van der Waals surface area contributed by atoms with E-state index < -0.39 is 34.9 Å². The average molecular weight is 693 g/mol. The van der Waals surface area contributed by atoms with E-state index in [9.17, 15) is 19.8 Å². The molecule has 8 rings (SSSR count). The quantitative estimate of drug-likeness (QED) is 0.194. The van der Waals surface area contributed by atoms with Crippen molar-refractivity contribution in [3.05, 3.63) is 76.5 Å². The maximum Gasteiger partial charge on any atom is 0.246 e. The molecule has 2 saturated carbocycles. The summed E-state index contributed by atoms with van der Waals surface area (Å²) < 4.78 is 8.89. The molecule has 0 unspecified atom stereocenters. The van der Waals surface area contributed by atoms with Gasteiger partial charge in [0.1, 0.15) is 6.04 Å². The summed E-state index contributed by atoms with van der Waals surface area (Å²) >= 11 is 0. The number of likely N-dealkylation sites (N-methyl/N-ethyl adjacent to an activating group) is 1. The van der Waals surface area contributed by atoms with E-state index in [0.717, 1.165) is 58.9 Å². The molecule has 4 aliphatic carbocycles. The number of amides is 1. The SMILES string of the molecule is C=C(C)[C@H]1C(=O)c2c3c(cc4c5c(n1c24)[C@@]1(C)[C@@H](CC[C@H]2[C@](C)(/C=C/C=C/C(=O)N(C)C)[C@@H](O)CC[C@@]21C)C5)C1=CC(C)(C)OC(C)(C)[C@H]1[C@@H]3O. The van der Waals surface area contributed by atoms with Crippen molar-refractivity contribution < 1.29 is 24.5 Å². The standard InChI is InChI=1S/C44H56N2O5/c1-23(2)35-38(50)33-32-25(28-22-40(3,4)51-41(5,6)34(28)37(32)49)21-26-27-20-24-15-16-29-42(7,18-13-12-14-31(48)45(10)11)30(47)17-19-43(29,8)44(24,9)39(27)46(35)36(26)33/h12-14,18,21-22,24,29-30,34-35,37,47,49H,1,15-17,19-20H2,2-11H3/b14-12+,18-13+/t24-,29-,30-,34+,35-,37+,42-,43-,44+/m0/s1. The lowest BCUT2D eigenvalue weighted by molar-refractivity contribution is -0.144. The number of aliphatic hydroxyl groups is 2. The first-order chi connectivity index (χ1) is 23.7. The molecule has 3 heterocycles. The van der Waals surface area contributed by atoms with Gasteiger partial charge in [-0.2, -0.15) is 0 Å². The number of carbonyl (C=O) groups is 2. The second-order valence-corrected chi connectivity index (χ2v) is 18.8. The van der Waals surface area contributed by atoms with Crippen LogP contribution in [0.1, 0.15) is 126 Å². The van der Waals surface area contributed by atoms with Gasteiger partial charge in [0.05, 0.1) is 34.5 Å². The molecule has 0 spiro atoms. The Kier molecular flexibility index (Phi) is 7.28. The van der Waals surface area contributed by atoms with Gasteiger partial charge < -0.3 is 24.4 Å². The molecule has 7 nitrogen and oxygen atoms in total. The van der Waals surface area contributed by atoms with E-state index >= 15 is 0 Å². The van der Waals surface area contributed by atoms with E-state index in [-0.39, 0.29) is 34.4 Å². The van der Waals surface area contributed by atoms with Gasteiger partial charge in [-0.05, 0) is 113 Å². The van der Waals surface area contributed by atoms with Crippen molar-refractivity contribution in [3.8, 4) is 0 Å². The van der Waals surface area contributed by atoms with Crippen LogP contribution in [0.5, 0.6) is 0 Å². The third-order valence-electron chi connectivity index (χ3n) is 14.9. The largest absolute Gasteiger partial charge is 0.392 e. The minimum atomic E-state index is -0.850. The van der Waals surface area contributed by atoms with Gasteiger partial charge in [-0.15, -0.1) is 0 Å². The molecule has 1 aromatic carbocycles. The molecule has 1 aromatic heterocycles. The van der Waals surface area contributed by atoms with Crippen molar-refractivity contribution in [2.24, 2.45) is 28.6 Å². The molecule has 0 saturated heterocycles. The van der Waals surface area contributed by atoms with Gasteiger partial charge in [-0.1, -0.05) is 51.2 Å². The topological polar surface area (TPSA) is 92.0 Å². The molecule has 6 aliphatic rings. The monoisotopic (exact) mass is 692 g/mol. The zero-order valence-corrected chi connectivity index (χ0v) is 32.2. The summed E-state index contributed by atoms with van der Waals surface area (Å²) in [6.45, 7) is 21.7. The zero-order valence-electron chi connectivity index (χ0n) is 32.2. The molecular formula is C44H56N2O5. The second-order valence-electron chi connectivity index (χ2n) is 18.8. The van der Waals surface area contributed by atoms with E-state index in [1.807, 2.05) is 13.0 Å². The van der Waals surface area contributed by atoms with E-state index in [1.165, 1.54) is 11.3 Å². The molecule has 0 radical (unpaired) electrons. The fraction of sp³-hybridized carbons (Fsp3) is 0.591. The van der Waals surface area contributed by atoms with Gasteiger partial charge in [0.2, 0.25) is 5.91 Å². The second kappa shape index (κ2) is 10.7. The summed E-state index contributed by atoms with van der Waals surface area (Å²) in [5.41, 5.74) is 5.85. The van der Waals surface area contributed by atoms with Crippen molar-refractivity contribution in [2.75, 3.05) is 14.1 Å². The number of nitrogens with zero attached hydrogens (tertiary/aromatic N) is 2. The van der Waals surface area contributed by atoms with Gasteiger partial charge in [0, 0.05) is 53.6 Å². The van der Waals surface area contributed by atoms with Crippen molar-refractivity contribution in [3.63, 3.8) is 0 Å². The minimum absolute atomic E-state index is 0.0360. The van der Waals surface area contributed by atoms with Crippen LogP contribution in [0, 0.1) is 28.6 Å². The molecule has 2 aromatic rings. The number of rotatable bonds is 4. The van der Waals surface area contributed by atoms with Crippen LogP contribution in [0.15, 0.2) is 48.6 Å². The van der Waals surface area contributed by atoms with Crippen LogP contribution >= 0.6 is 0 Å². The molecule has 9 atom stereocenters. The molecule has 2 fully saturated rings. The third-order valence-corrected chi connectivity index (χ3v) is 14.9. The highest BCUT2D eigenvalue weighted by Crippen LogP contribution is 2.71. The predicted octanol–water partition coefficient (Wildman–Crippen LogP) is 7.80. The maximum absolute atomic E-state index is 14.9. The first-order valence-electron chi connectivity index (χ1n) is 19.0. The summed E-state index contributed by atoms with van der Waals surface area (Å²) in [5, 5.41) is 25.0. The van der Waals surface area contributed by atoms with Crippen LogP contribution in [0.25, 0.3) is 16.5 Å². The number of hydrogen-bond acceptors (Lipinski definition) is 5. The highest BCUT2D eigenvalue weighted by molar-refractivity contribution is 6.18. The Morgan fingerprint density at radius 3 is 2.43 bits per heavy atom. The zero-order chi connectivity index (χ0) is 37.0. The lowest BCUT2D eigenvalue weighted by Crippen LogP contribution is -2.62. The van der Waals surface area contributed by atoms with Crippen molar-refractivity contribution >= 4 is 28.2 Å². The number of Topliss-reactive ketones (excluding diaryl/α,β-unsaturated/α-hetero) is 1. The number of carbonyl (C=O) groups excluding carboxylic acids is 2. The van der Waals surface area contributed by atoms with Gasteiger partial charge in [0.25, 0.3) is 0 Å². The predicted molar refractivity (Wildman–Crippen MR) is 201 cm³/mol. The number of aliphatic hydroxyl groups excluding tert-OH is 2. The Morgan fingerprint density at radius 1 is 1.06 bits per heavy atom. The summed E-state index contributed by atoms with van der Waals surface area (Å²) in [5.74, 6) is 0.282. The van der Waals surface area contributed by atoms with E-state index in [1.54, 1.807) is 31.1 Å². The smallest absolute Gasteiger partial charge is 0.246 e. The maximum atomic E-state index is 14.9. The number of allylic oxidation sites excluding steroid dienone is 3. The summed E-state index contributed by atoms with van der Waals surface area (Å²) in [6, 6.07) is 1.78. The van der Waals surface area contributed by atoms with Crippen LogP contribution in [0.3, 0.4) is 0 Å². The third kappa shape index (κ3) is 4.29. The fourth-order valence-corrected chi connectivity index (χ4v) is 12.7. The van der Waals surface area contributed by atoms with Gasteiger partial charge in [0.15, 0.2) is 5.78 Å². The highest BCUT2D eigenvalue weighted by Gasteiger charge is 2.67. The van der Waals surface area contributed by atoms with Crippen molar-refractivity contribution in [1.82, 2.24) is 9.47 Å². The van der Waals surface area contributed by atoms with Gasteiger partial charge in [-0.25, -0.2) is 0 Å². The lowest BCUT2D eigenvalue weighted by Gasteiger charge is -2.64. The fourth-order valence-electron chi connectivity index (χ4n) is 12.7. The van der Waals surface area contributed by atoms with E-state index in [0.29, 0.717) is 17.9 Å². The normalized spacial score (nSPS) is 38.4. The Labute approximate surface area is 303 Å². The number of fused-ring (bicyclic) bond motifs is 11. The number of ether oxygens (including phenoxy) is 1. The molecule has 51 heavy (non-hydrogen) atoms. The summed E-state index contributed by atoms with van der Waals surface area (Å²) in [6.07, 6.45) is 12.9. The van der Waals surface area contributed by atoms with Crippen LogP contribution in [-0.4, -0.2) is 62.8 Å². The van der Waals surface area contributed by atoms with Gasteiger partial charge >= 0.3 is 0 Å². The minimum Gasteiger partial charge on any atom is -0.392 e. The molecule has 7 heteroatoms. The van der Waals surface area contributed by atoms with Crippen LogP contribution in [0.2, 0.25) is 0 Å². The number of benzene rings is 1. The van der Waals surface area contributed by atoms with Crippen molar-refractivity contribution in [1.29, 1.82) is 0 Å². The lowest BCUT2D eigenvalue weighted by atomic mass is 9.40. The van der Waals surface area contributed by atoms with Crippen LogP contribution in [-0.2, 0) is 21.4 Å². The number of aromatic nitrogens is 1. The Hall–Kier alpha value is -3.26. The summed E-state index contributed by atoms with van der Waals surface area (Å²) in [4.78, 5) is 28.7. The first kappa shape index (κ1) is 34.8. The van der Waals surface area contributed by atoms with E-state index in [4.69, 9.17) is 4.74 Å². The number of ketones is 1. The first-order valence-corrected chi connectivity index (χ1v) is 19.0. The molecule has 2 N–H and O–H groups in total. The van der Waals surface area contributed by atoms with Crippen LogP contribution < -0.4 is 0 Å². The Balaban J connectivity index is 1.33. The molecule has 0 bridgehead atoms. The van der Waals surface area contributed by atoms with Crippen LogP contribution in [0.4, 0.5) is 0 Å². The molecular weight excluding hydrogens is 636 g/mol. The molecule has 2 aliphatic heterocycles. The average Bonchev–Trinajstić information content (AvgIpc) is 3.70. The molecule has 272 valence electrons. The Bertz CT molecular complexity index is 2020.